The molecule has 2 N–H and O–H groups in total. The van der Waals surface area contributed by atoms with Crippen LogP contribution in [-0.4, -0.2) is 54.2 Å². The van der Waals surface area contributed by atoms with Crippen LogP contribution >= 0.6 is 74.9 Å². The second kappa shape index (κ2) is 7.02. The lowest BCUT2D eigenvalue weighted by Gasteiger charge is -2.42. The minimum Gasteiger partial charge on any atom is -0.460 e. The van der Waals surface area contributed by atoms with Gasteiger partial charge in [-0.25, -0.2) is 4.79 Å². The molecule has 0 bridgehead atoms. The number of carbonyl (C=O) groups excluding carboxylic acids is 2. The summed E-state index contributed by atoms with van der Waals surface area (Å²) in [4.78, 5) is 25.8. The van der Waals surface area contributed by atoms with E-state index in [0.29, 0.717) is 0 Å². The van der Waals surface area contributed by atoms with Gasteiger partial charge in [0.1, 0.15) is 24.1 Å². The number of ether oxygens (including phenoxy) is 1. The van der Waals surface area contributed by atoms with E-state index in [4.69, 9.17) is 45.3 Å². The number of esters is 1. The molecule has 4 unspecified atom stereocenters. The summed E-state index contributed by atoms with van der Waals surface area (Å²) in [5, 5.41) is -0.229. The minimum absolute atomic E-state index is 0. The molecule has 128 valence electrons. The van der Waals surface area contributed by atoms with Crippen molar-refractivity contribution in [3.05, 3.63) is 0 Å². The predicted molar refractivity (Wildman–Crippen MR) is 95.3 cm³/mol. The van der Waals surface area contributed by atoms with E-state index in [1.165, 1.54) is 16.7 Å². The zero-order valence-electron chi connectivity index (χ0n) is 11.6. The van der Waals surface area contributed by atoms with Crippen LogP contribution < -0.4 is 5.73 Å². The van der Waals surface area contributed by atoms with Gasteiger partial charge in [0.2, 0.25) is 9.70 Å². The number of fused-ring (bicyclic) bond motifs is 1. The second-order valence-electron chi connectivity index (χ2n) is 5.20. The van der Waals surface area contributed by atoms with E-state index in [-0.39, 0.29) is 35.1 Å². The van der Waals surface area contributed by atoms with Crippen molar-refractivity contribution in [3.63, 3.8) is 0 Å². The van der Waals surface area contributed by atoms with E-state index in [1.54, 1.807) is 0 Å². The Labute approximate surface area is 162 Å². The average Bonchev–Trinajstić information content (AvgIpc) is 2.67. The lowest BCUT2D eigenvalue weighted by atomic mass is 9.93. The van der Waals surface area contributed by atoms with Gasteiger partial charge >= 0.3 is 5.97 Å². The normalized spacial score (nSPS) is 35.3. The third-order valence-electron chi connectivity index (χ3n) is 3.71. The summed E-state index contributed by atoms with van der Waals surface area (Å²) in [5.41, 5.74) is 5.79. The first kappa shape index (κ1) is 20.9. The van der Waals surface area contributed by atoms with Crippen LogP contribution in [0.1, 0.15) is 13.8 Å². The molecule has 0 spiro atoms. The minimum atomic E-state index is -1.69. The molecule has 0 aromatic heterocycles. The van der Waals surface area contributed by atoms with Crippen molar-refractivity contribution in [1.82, 2.24) is 4.90 Å². The molecule has 11 heteroatoms. The molecular weight excluding hydrogens is 462 g/mol. The smallest absolute Gasteiger partial charge is 0.330 e. The van der Waals surface area contributed by atoms with Crippen molar-refractivity contribution < 1.29 is 14.3 Å². The van der Waals surface area contributed by atoms with Gasteiger partial charge in [0.15, 0.2) is 0 Å². The maximum Gasteiger partial charge on any atom is 0.330 e. The van der Waals surface area contributed by atoms with Crippen molar-refractivity contribution in [1.29, 1.82) is 0 Å². The number of nitrogens with two attached hydrogens (primary N) is 1. The van der Waals surface area contributed by atoms with E-state index in [9.17, 15) is 9.59 Å². The molecule has 2 aliphatic rings. The van der Waals surface area contributed by atoms with Crippen molar-refractivity contribution in [3.8, 4) is 0 Å². The van der Waals surface area contributed by atoms with Gasteiger partial charge in [0.25, 0.3) is 0 Å². The molecule has 5 atom stereocenters. The average molecular weight is 477 g/mol. The van der Waals surface area contributed by atoms with E-state index in [2.05, 4.69) is 15.9 Å². The Kier molecular flexibility index (Phi) is 6.68. The van der Waals surface area contributed by atoms with Gasteiger partial charge in [-0.1, -0.05) is 57.7 Å². The zero-order valence-corrected chi connectivity index (χ0v) is 17.1. The first-order valence-corrected chi connectivity index (χ1v) is 9.05. The standard InChI is InChI=1S/C11H14BrCl3N2O3S.ClH/c1-4(12)10(2)6(9(19)20-3-11(13,14)15)17-7(18)5(16)8(17)21-10;/h4-6,8H,3,16H2,1-2H3;1H/t4?,5?,6?,8-,10?;/m1./s1. The number of halogens is 5. The number of β-lactam (4-membered cyclic amide) rings is 1. The van der Waals surface area contributed by atoms with E-state index < -0.39 is 26.6 Å². The molecule has 2 heterocycles. The van der Waals surface area contributed by atoms with E-state index in [0.717, 1.165) is 0 Å². The maximum absolute atomic E-state index is 12.4. The van der Waals surface area contributed by atoms with Crippen LogP contribution in [-0.2, 0) is 14.3 Å². The molecule has 0 radical (unpaired) electrons. The van der Waals surface area contributed by atoms with Gasteiger partial charge in [0, 0.05) is 4.83 Å². The molecule has 22 heavy (non-hydrogen) atoms. The highest BCUT2D eigenvalue weighted by atomic mass is 79.9. The molecule has 0 saturated carbocycles. The van der Waals surface area contributed by atoms with Crippen molar-refractivity contribution in [2.75, 3.05) is 6.61 Å². The lowest BCUT2D eigenvalue weighted by Crippen LogP contribution is -2.69. The topological polar surface area (TPSA) is 72.6 Å². The highest BCUT2D eigenvalue weighted by Crippen LogP contribution is 2.53. The number of amides is 1. The fraction of sp³-hybridized carbons (Fsp3) is 0.818. The first-order chi connectivity index (χ1) is 9.49. The Balaban J connectivity index is 0.00000242. The second-order valence-corrected chi connectivity index (χ2v) is 10.7. The number of rotatable bonds is 3. The molecule has 0 aromatic rings. The number of hydrogen-bond donors (Lipinski definition) is 1. The SMILES string of the molecule is CC(Br)C1(C)S[C@@H]2C(N)C(=O)N2C1C(=O)OCC(Cl)(Cl)Cl.Cl. The molecule has 2 aliphatic heterocycles. The van der Waals surface area contributed by atoms with Crippen LogP contribution in [0.3, 0.4) is 0 Å². The summed E-state index contributed by atoms with van der Waals surface area (Å²) < 4.78 is 2.81. The maximum atomic E-state index is 12.4. The molecule has 0 aliphatic carbocycles. The van der Waals surface area contributed by atoms with Gasteiger partial charge in [-0.2, -0.15) is 0 Å². The summed E-state index contributed by atoms with van der Waals surface area (Å²) in [7, 11) is 0. The molecule has 2 saturated heterocycles. The number of alkyl halides is 4. The van der Waals surface area contributed by atoms with Gasteiger partial charge in [-0.3, -0.25) is 4.79 Å². The highest BCUT2D eigenvalue weighted by Gasteiger charge is 2.65. The third kappa shape index (κ3) is 3.60. The summed E-state index contributed by atoms with van der Waals surface area (Å²) in [6.07, 6.45) is 0. The molecule has 5 nitrogen and oxygen atoms in total. The molecular formula is C11H15BrCl4N2O3S. The Bertz CT molecular complexity index is 479. The molecule has 0 aromatic carbocycles. The van der Waals surface area contributed by atoms with Crippen LogP contribution in [0.25, 0.3) is 0 Å². The van der Waals surface area contributed by atoms with Crippen molar-refractivity contribution in [2.24, 2.45) is 5.73 Å². The monoisotopic (exact) mass is 474 g/mol. The van der Waals surface area contributed by atoms with Gasteiger partial charge < -0.3 is 15.4 Å². The zero-order chi connectivity index (χ0) is 16.2. The van der Waals surface area contributed by atoms with E-state index in [1.807, 2.05) is 13.8 Å². The van der Waals surface area contributed by atoms with Crippen molar-refractivity contribution >= 4 is 86.8 Å². The Morgan fingerprint density at radius 2 is 2.14 bits per heavy atom. The summed E-state index contributed by atoms with van der Waals surface area (Å²) in [6, 6.07) is -1.35. The first-order valence-electron chi connectivity index (χ1n) is 6.12. The van der Waals surface area contributed by atoms with Gasteiger partial charge in [-0.05, 0) is 6.92 Å². The summed E-state index contributed by atoms with van der Waals surface area (Å²) in [6.45, 7) is 3.42. The number of thioether (sulfide) groups is 1. The van der Waals surface area contributed by atoms with Crippen LogP contribution in [0.5, 0.6) is 0 Å². The molecule has 1 amide bonds. The fourth-order valence-electron chi connectivity index (χ4n) is 2.41. The summed E-state index contributed by atoms with van der Waals surface area (Å²) >= 11 is 21.7. The Hall–Kier alpha value is 0.890. The Morgan fingerprint density at radius 1 is 1.59 bits per heavy atom. The van der Waals surface area contributed by atoms with Crippen LogP contribution in [0.15, 0.2) is 0 Å². The Morgan fingerprint density at radius 3 is 2.59 bits per heavy atom. The largest absolute Gasteiger partial charge is 0.460 e. The number of hydrogen-bond acceptors (Lipinski definition) is 5. The highest BCUT2D eigenvalue weighted by molar-refractivity contribution is 9.09. The number of carbonyl (C=O) groups is 2. The third-order valence-corrected chi connectivity index (χ3v) is 7.14. The van der Waals surface area contributed by atoms with Crippen LogP contribution in [0, 0.1) is 0 Å². The van der Waals surface area contributed by atoms with Crippen molar-refractivity contribution in [2.45, 2.75) is 44.7 Å². The molecule has 2 fully saturated rings. The van der Waals surface area contributed by atoms with Crippen LogP contribution in [0.2, 0.25) is 0 Å². The number of nitrogens with zero attached hydrogens (tertiary/aromatic N) is 1. The summed E-state index contributed by atoms with van der Waals surface area (Å²) in [5.74, 6) is -0.856. The van der Waals surface area contributed by atoms with E-state index >= 15 is 0 Å². The fourth-order valence-corrected chi connectivity index (χ4v) is 4.79. The predicted octanol–water partition coefficient (Wildman–Crippen LogP) is 2.47. The van der Waals surface area contributed by atoms with Crippen LogP contribution in [0.4, 0.5) is 0 Å². The lowest BCUT2D eigenvalue weighted by molar-refractivity contribution is -0.162. The van der Waals surface area contributed by atoms with Gasteiger partial charge in [-0.15, -0.1) is 24.2 Å². The quantitative estimate of drug-likeness (QED) is 0.385. The molecule has 2 rings (SSSR count). The van der Waals surface area contributed by atoms with Gasteiger partial charge in [0.05, 0.1) is 4.75 Å².